The molecule has 17 heavy (non-hydrogen) atoms. The van der Waals surface area contributed by atoms with Crippen LogP contribution in [0.25, 0.3) is 0 Å². The predicted octanol–water partition coefficient (Wildman–Crippen LogP) is -0.0470. The van der Waals surface area contributed by atoms with E-state index in [2.05, 4.69) is 22.2 Å². The Morgan fingerprint density at radius 3 is 3.12 bits per heavy atom. The van der Waals surface area contributed by atoms with Crippen LogP contribution >= 0.6 is 0 Å². The number of hydrogen-bond acceptors (Lipinski definition) is 4. The van der Waals surface area contributed by atoms with E-state index >= 15 is 0 Å². The molecule has 1 atom stereocenters. The number of guanidine groups is 1. The number of nitrogens with one attached hydrogen (secondary N) is 1. The number of nitrogens with two attached hydrogens (primary N) is 1. The van der Waals surface area contributed by atoms with Crippen molar-refractivity contribution in [2.24, 2.45) is 10.8 Å². The highest BCUT2D eigenvalue weighted by Gasteiger charge is 2.19. The van der Waals surface area contributed by atoms with Crippen LogP contribution in [0.5, 0.6) is 0 Å². The molecule has 1 aliphatic heterocycles. The van der Waals surface area contributed by atoms with Crippen molar-refractivity contribution < 1.29 is 9.47 Å². The average Bonchev–Trinajstić information content (AvgIpc) is 2.60. The maximum Gasteiger partial charge on any atom is 0.208 e. The van der Waals surface area contributed by atoms with Crippen molar-refractivity contribution in [2.45, 2.75) is 25.9 Å². The van der Waals surface area contributed by atoms with Gasteiger partial charge in [-0.25, -0.2) is 10.8 Å². The standard InChI is InChI=1S/C11H24N4O2/c1-3-10-9-15(6-4-7-17-10)11(14-12)13-5-8-16-2/h10H,3-9,12H2,1-2H3,(H,13,14). The molecule has 1 fully saturated rings. The van der Waals surface area contributed by atoms with Crippen molar-refractivity contribution in [3.63, 3.8) is 0 Å². The molecule has 1 heterocycles. The highest BCUT2D eigenvalue weighted by Crippen LogP contribution is 2.08. The van der Waals surface area contributed by atoms with Gasteiger partial charge in [0, 0.05) is 26.8 Å². The van der Waals surface area contributed by atoms with Crippen LogP contribution in [0.4, 0.5) is 0 Å². The third-order valence-corrected chi connectivity index (χ3v) is 2.79. The van der Waals surface area contributed by atoms with Crippen molar-refractivity contribution in [1.29, 1.82) is 0 Å². The number of aliphatic imine (C=N–C) groups is 1. The minimum absolute atomic E-state index is 0.262. The Labute approximate surface area is 103 Å². The van der Waals surface area contributed by atoms with Gasteiger partial charge in [0.2, 0.25) is 5.96 Å². The molecule has 0 aromatic carbocycles. The van der Waals surface area contributed by atoms with Gasteiger partial charge in [-0.05, 0) is 12.8 Å². The molecule has 0 bridgehead atoms. The van der Waals surface area contributed by atoms with Crippen molar-refractivity contribution >= 4 is 5.96 Å². The van der Waals surface area contributed by atoms with E-state index in [0.29, 0.717) is 13.2 Å². The Balaban J connectivity index is 2.55. The Hall–Kier alpha value is -0.850. The lowest BCUT2D eigenvalue weighted by Gasteiger charge is -2.26. The van der Waals surface area contributed by atoms with Gasteiger partial charge in [0.25, 0.3) is 0 Å². The summed E-state index contributed by atoms with van der Waals surface area (Å²) >= 11 is 0. The van der Waals surface area contributed by atoms with Gasteiger partial charge >= 0.3 is 0 Å². The third kappa shape index (κ3) is 4.89. The lowest BCUT2D eigenvalue weighted by atomic mass is 10.2. The van der Waals surface area contributed by atoms with Gasteiger partial charge in [0.15, 0.2) is 0 Å². The first-order valence-electron chi connectivity index (χ1n) is 6.18. The second-order valence-electron chi connectivity index (χ2n) is 4.04. The Morgan fingerprint density at radius 1 is 1.65 bits per heavy atom. The molecule has 1 saturated heterocycles. The molecule has 0 aromatic rings. The average molecular weight is 244 g/mol. The number of hydrazine groups is 1. The summed E-state index contributed by atoms with van der Waals surface area (Å²) < 4.78 is 10.7. The summed E-state index contributed by atoms with van der Waals surface area (Å²) in [6.07, 6.45) is 2.27. The third-order valence-electron chi connectivity index (χ3n) is 2.79. The van der Waals surface area contributed by atoms with Crippen LogP contribution in [0.2, 0.25) is 0 Å². The van der Waals surface area contributed by atoms with E-state index in [4.69, 9.17) is 15.3 Å². The lowest BCUT2D eigenvalue weighted by molar-refractivity contribution is 0.0581. The summed E-state index contributed by atoms with van der Waals surface area (Å²) in [5, 5.41) is 0. The van der Waals surface area contributed by atoms with Crippen LogP contribution in [-0.4, -0.2) is 56.9 Å². The van der Waals surface area contributed by atoms with Gasteiger partial charge in [0.05, 0.1) is 19.3 Å². The highest BCUT2D eigenvalue weighted by molar-refractivity contribution is 5.79. The number of methoxy groups -OCH3 is 1. The second-order valence-corrected chi connectivity index (χ2v) is 4.04. The second kappa shape index (κ2) is 8.27. The minimum Gasteiger partial charge on any atom is -0.383 e. The van der Waals surface area contributed by atoms with E-state index in [1.807, 2.05) is 0 Å². The first-order chi connectivity index (χ1) is 8.31. The topological polar surface area (TPSA) is 72.1 Å². The van der Waals surface area contributed by atoms with Gasteiger partial charge in [-0.3, -0.25) is 5.43 Å². The Bertz CT molecular complexity index is 236. The fourth-order valence-electron chi connectivity index (χ4n) is 1.81. The van der Waals surface area contributed by atoms with Gasteiger partial charge in [-0.1, -0.05) is 6.92 Å². The van der Waals surface area contributed by atoms with E-state index in [1.54, 1.807) is 7.11 Å². The number of rotatable bonds is 4. The smallest absolute Gasteiger partial charge is 0.208 e. The molecule has 6 heteroatoms. The summed E-state index contributed by atoms with van der Waals surface area (Å²) in [5.74, 6) is 6.25. The Morgan fingerprint density at radius 2 is 2.47 bits per heavy atom. The summed E-state index contributed by atoms with van der Waals surface area (Å²) in [6.45, 7) is 5.92. The molecule has 1 unspecified atom stereocenters. The van der Waals surface area contributed by atoms with Crippen LogP contribution in [0.1, 0.15) is 19.8 Å². The zero-order valence-electron chi connectivity index (χ0n) is 10.8. The molecular formula is C11H24N4O2. The minimum atomic E-state index is 0.262. The van der Waals surface area contributed by atoms with Crippen LogP contribution in [0.3, 0.4) is 0 Å². The number of ether oxygens (including phenoxy) is 2. The first-order valence-corrected chi connectivity index (χ1v) is 6.18. The summed E-state index contributed by atoms with van der Waals surface area (Å²) in [7, 11) is 1.66. The molecule has 1 rings (SSSR count). The molecule has 1 aliphatic rings. The van der Waals surface area contributed by atoms with Gasteiger partial charge in [-0.2, -0.15) is 0 Å². The van der Waals surface area contributed by atoms with Crippen LogP contribution < -0.4 is 11.3 Å². The highest BCUT2D eigenvalue weighted by atomic mass is 16.5. The molecule has 3 N–H and O–H groups in total. The summed E-state index contributed by atoms with van der Waals surface area (Å²) in [4.78, 5) is 6.54. The maximum atomic E-state index is 5.71. The Kier molecular flexibility index (Phi) is 6.91. The molecule has 6 nitrogen and oxygen atoms in total. The molecule has 0 amide bonds. The van der Waals surface area contributed by atoms with Crippen molar-refractivity contribution in [3.05, 3.63) is 0 Å². The SMILES string of the molecule is CCC1CN(C(=NCCOC)NN)CCCO1. The molecule has 0 saturated carbocycles. The van der Waals surface area contributed by atoms with Gasteiger partial charge < -0.3 is 14.4 Å². The van der Waals surface area contributed by atoms with Crippen molar-refractivity contribution in [1.82, 2.24) is 10.3 Å². The lowest BCUT2D eigenvalue weighted by Crippen LogP contribution is -2.47. The van der Waals surface area contributed by atoms with E-state index in [-0.39, 0.29) is 6.10 Å². The zero-order valence-corrected chi connectivity index (χ0v) is 10.8. The number of nitrogens with zero attached hydrogens (tertiary/aromatic N) is 2. The van der Waals surface area contributed by atoms with Gasteiger partial charge in [0.1, 0.15) is 0 Å². The van der Waals surface area contributed by atoms with Crippen LogP contribution in [0, 0.1) is 0 Å². The molecule has 0 spiro atoms. The molecule has 0 radical (unpaired) electrons. The zero-order chi connectivity index (χ0) is 12.5. The van der Waals surface area contributed by atoms with E-state index in [9.17, 15) is 0 Å². The van der Waals surface area contributed by atoms with Gasteiger partial charge in [-0.15, -0.1) is 0 Å². The molecule has 0 aromatic heterocycles. The van der Waals surface area contributed by atoms with Crippen molar-refractivity contribution in [2.75, 3.05) is 40.0 Å². The molecular weight excluding hydrogens is 220 g/mol. The predicted molar refractivity (Wildman–Crippen MR) is 67.7 cm³/mol. The van der Waals surface area contributed by atoms with E-state index in [1.165, 1.54) is 0 Å². The first kappa shape index (κ1) is 14.2. The molecule has 100 valence electrons. The quantitative estimate of drug-likeness (QED) is 0.238. The van der Waals surface area contributed by atoms with Crippen LogP contribution in [-0.2, 0) is 9.47 Å². The maximum absolute atomic E-state index is 5.71. The summed E-state index contributed by atoms with van der Waals surface area (Å²) in [5.41, 5.74) is 2.67. The fourth-order valence-corrected chi connectivity index (χ4v) is 1.81. The largest absolute Gasteiger partial charge is 0.383 e. The van der Waals surface area contributed by atoms with E-state index in [0.717, 1.165) is 38.5 Å². The van der Waals surface area contributed by atoms with Crippen molar-refractivity contribution in [3.8, 4) is 0 Å². The number of hydrogen-bond donors (Lipinski definition) is 2. The summed E-state index contributed by atoms with van der Waals surface area (Å²) in [6, 6.07) is 0. The van der Waals surface area contributed by atoms with Crippen LogP contribution in [0.15, 0.2) is 4.99 Å². The molecule has 0 aliphatic carbocycles. The fraction of sp³-hybridized carbons (Fsp3) is 0.909. The normalized spacial score (nSPS) is 22.4. The monoisotopic (exact) mass is 244 g/mol. The van der Waals surface area contributed by atoms with E-state index < -0.39 is 0 Å².